The van der Waals surface area contributed by atoms with Crippen molar-refractivity contribution in [1.82, 2.24) is 14.2 Å². The third-order valence-electron chi connectivity index (χ3n) is 4.11. The number of hydrogen-bond donors (Lipinski definition) is 2. The zero-order valence-corrected chi connectivity index (χ0v) is 14.2. The summed E-state index contributed by atoms with van der Waals surface area (Å²) in [4.78, 5) is 11.1. The Hall–Kier alpha value is -1.45. The molecule has 1 aromatic heterocycles. The first-order valence-electron chi connectivity index (χ1n) is 7.82. The van der Waals surface area contributed by atoms with Gasteiger partial charge in [-0.1, -0.05) is 19.0 Å². The number of nitrogens with zero attached hydrogens (tertiary/aromatic N) is 2. The molecule has 0 bridgehead atoms. The molecule has 0 amide bonds. The fourth-order valence-electron chi connectivity index (χ4n) is 2.75. The van der Waals surface area contributed by atoms with Gasteiger partial charge in [0, 0.05) is 31.6 Å². The maximum Gasteiger partial charge on any atom is 0.307 e. The van der Waals surface area contributed by atoms with Crippen molar-refractivity contribution in [1.29, 1.82) is 0 Å². The number of carbonyl (C=O) groups is 1. The Morgan fingerprint density at radius 2 is 2.17 bits per heavy atom. The van der Waals surface area contributed by atoms with E-state index in [4.69, 9.17) is 9.63 Å². The zero-order chi connectivity index (χ0) is 17.0. The highest BCUT2D eigenvalue weighted by Gasteiger charge is 2.32. The van der Waals surface area contributed by atoms with Gasteiger partial charge in [-0.3, -0.25) is 4.79 Å². The molecule has 9 heteroatoms. The van der Waals surface area contributed by atoms with Crippen LogP contribution < -0.4 is 4.72 Å². The van der Waals surface area contributed by atoms with Crippen LogP contribution in [0.15, 0.2) is 4.52 Å². The summed E-state index contributed by atoms with van der Waals surface area (Å²) in [7, 11) is -3.73. The van der Waals surface area contributed by atoms with Gasteiger partial charge in [0.2, 0.25) is 0 Å². The molecule has 8 nitrogen and oxygen atoms in total. The van der Waals surface area contributed by atoms with Crippen LogP contribution in [-0.2, 0) is 34.4 Å². The largest absolute Gasteiger partial charge is 0.481 e. The van der Waals surface area contributed by atoms with E-state index < -0.39 is 22.1 Å². The number of aliphatic carboxylic acids is 1. The van der Waals surface area contributed by atoms with Gasteiger partial charge in [0.15, 0.2) is 0 Å². The maximum absolute atomic E-state index is 12.4. The Labute approximate surface area is 136 Å². The second kappa shape index (κ2) is 7.41. The van der Waals surface area contributed by atoms with Crippen LogP contribution in [0.25, 0.3) is 0 Å². The molecule has 130 valence electrons. The molecule has 23 heavy (non-hydrogen) atoms. The monoisotopic (exact) mass is 345 g/mol. The molecule has 0 aliphatic carbocycles. The Morgan fingerprint density at radius 3 is 2.78 bits per heavy atom. The van der Waals surface area contributed by atoms with Gasteiger partial charge in [-0.25, -0.2) is 0 Å². The fourth-order valence-corrected chi connectivity index (χ4v) is 4.01. The van der Waals surface area contributed by atoms with Crippen molar-refractivity contribution in [2.75, 3.05) is 13.1 Å². The van der Waals surface area contributed by atoms with E-state index in [2.05, 4.69) is 9.88 Å². The number of nitrogens with one attached hydrogen (secondary N) is 1. The van der Waals surface area contributed by atoms with Crippen molar-refractivity contribution >= 4 is 16.2 Å². The zero-order valence-electron chi connectivity index (χ0n) is 13.4. The number of carboxylic acid groups (broad SMARTS) is 1. The Kier molecular flexibility index (Phi) is 5.77. The summed E-state index contributed by atoms with van der Waals surface area (Å²) >= 11 is 0. The summed E-state index contributed by atoms with van der Waals surface area (Å²) in [5, 5.41) is 13.0. The third-order valence-corrected chi connectivity index (χ3v) is 5.63. The normalized spacial score (nSPS) is 19.8. The van der Waals surface area contributed by atoms with E-state index in [9.17, 15) is 13.2 Å². The van der Waals surface area contributed by atoms with Gasteiger partial charge in [0.1, 0.15) is 5.76 Å². The summed E-state index contributed by atoms with van der Waals surface area (Å²) in [6.07, 6.45) is 2.35. The molecule has 0 radical (unpaired) electrons. The Balaban J connectivity index is 2.07. The molecule has 1 aliphatic heterocycles. The minimum absolute atomic E-state index is 0.00950. The second-order valence-electron chi connectivity index (χ2n) is 5.60. The van der Waals surface area contributed by atoms with Gasteiger partial charge < -0.3 is 9.63 Å². The molecule has 2 heterocycles. The van der Waals surface area contributed by atoms with Crippen LogP contribution in [0.2, 0.25) is 0 Å². The van der Waals surface area contributed by atoms with Gasteiger partial charge in [0.05, 0.1) is 11.6 Å². The van der Waals surface area contributed by atoms with Crippen LogP contribution >= 0.6 is 0 Å². The molecule has 1 aromatic rings. The average molecular weight is 345 g/mol. The Bertz CT molecular complexity index is 634. The Morgan fingerprint density at radius 1 is 1.43 bits per heavy atom. The molecule has 0 aromatic carbocycles. The summed E-state index contributed by atoms with van der Waals surface area (Å²) in [6.45, 7) is 4.30. The third kappa shape index (κ3) is 4.10. The van der Waals surface area contributed by atoms with Crippen LogP contribution in [0.1, 0.15) is 43.7 Å². The number of piperidine rings is 1. The van der Waals surface area contributed by atoms with Crippen molar-refractivity contribution < 1.29 is 22.8 Å². The molecule has 1 fully saturated rings. The van der Waals surface area contributed by atoms with Gasteiger partial charge in [-0.05, 0) is 19.3 Å². The lowest BCUT2D eigenvalue weighted by atomic mass is 10.0. The van der Waals surface area contributed by atoms with Crippen LogP contribution in [0.5, 0.6) is 0 Å². The smallest absolute Gasteiger partial charge is 0.307 e. The van der Waals surface area contributed by atoms with Crippen LogP contribution in [0.3, 0.4) is 0 Å². The minimum atomic E-state index is -3.73. The predicted molar refractivity (Wildman–Crippen MR) is 83.0 cm³/mol. The second-order valence-corrected chi connectivity index (χ2v) is 7.35. The first-order chi connectivity index (χ1) is 10.9. The molecule has 1 saturated heterocycles. The van der Waals surface area contributed by atoms with Crippen LogP contribution in [0, 0.1) is 5.92 Å². The summed E-state index contributed by atoms with van der Waals surface area (Å²) in [5.74, 6) is -0.926. The van der Waals surface area contributed by atoms with Crippen LogP contribution in [0.4, 0.5) is 0 Å². The lowest BCUT2D eigenvalue weighted by Crippen LogP contribution is -2.47. The van der Waals surface area contributed by atoms with E-state index >= 15 is 0 Å². The number of aromatic nitrogens is 1. The molecular formula is C14H23N3O5S. The SMILES string of the molecule is CCc1noc(CC)c1CNS(=O)(=O)N1CCCC(C(=O)O)C1. The van der Waals surface area contributed by atoms with Gasteiger partial charge in [-0.2, -0.15) is 17.4 Å². The van der Waals surface area contributed by atoms with Gasteiger partial charge in [0.25, 0.3) is 10.2 Å². The van der Waals surface area contributed by atoms with Crippen LogP contribution in [-0.4, -0.2) is 42.0 Å². The molecule has 2 N–H and O–H groups in total. The predicted octanol–water partition coefficient (Wildman–Crippen LogP) is 0.930. The fraction of sp³-hybridized carbons (Fsp3) is 0.714. The van der Waals surface area contributed by atoms with Crippen molar-refractivity contribution in [3.63, 3.8) is 0 Å². The van der Waals surface area contributed by atoms with E-state index in [0.717, 1.165) is 11.3 Å². The van der Waals surface area contributed by atoms with Crippen molar-refractivity contribution in [3.05, 3.63) is 17.0 Å². The molecule has 1 aliphatic rings. The molecule has 2 rings (SSSR count). The van der Waals surface area contributed by atoms with E-state index in [-0.39, 0.29) is 13.1 Å². The van der Waals surface area contributed by atoms with Crippen molar-refractivity contribution in [2.45, 2.75) is 46.1 Å². The highest BCUT2D eigenvalue weighted by Crippen LogP contribution is 2.20. The quantitative estimate of drug-likeness (QED) is 0.760. The summed E-state index contributed by atoms with van der Waals surface area (Å²) in [5.41, 5.74) is 1.51. The summed E-state index contributed by atoms with van der Waals surface area (Å²) < 4.78 is 33.8. The molecular weight excluding hydrogens is 322 g/mol. The number of carboxylic acids is 1. The molecule has 0 spiro atoms. The first-order valence-corrected chi connectivity index (χ1v) is 9.26. The standard InChI is InChI=1S/C14H23N3O5S/c1-3-12-11(13(4-2)22-16-12)8-15-23(20,21)17-7-5-6-10(9-17)14(18)19/h10,15H,3-9H2,1-2H3,(H,18,19). The first kappa shape index (κ1) is 17.9. The van der Waals surface area contributed by atoms with E-state index in [1.54, 1.807) is 0 Å². The minimum Gasteiger partial charge on any atom is -0.481 e. The van der Waals surface area contributed by atoms with Gasteiger partial charge >= 0.3 is 5.97 Å². The lowest BCUT2D eigenvalue weighted by Gasteiger charge is -2.29. The molecule has 1 atom stereocenters. The summed E-state index contributed by atoms with van der Waals surface area (Å²) in [6, 6.07) is 0. The number of rotatable bonds is 7. The number of aryl methyl sites for hydroxylation is 2. The topological polar surface area (TPSA) is 113 Å². The lowest BCUT2D eigenvalue weighted by molar-refractivity contribution is -0.142. The number of hydrogen-bond acceptors (Lipinski definition) is 5. The maximum atomic E-state index is 12.4. The molecule has 0 saturated carbocycles. The van der Waals surface area contributed by atoms with E-state index in [0.29, 0.717) is 38.0 Å². The van der Waals surface area contributed by atoms with Crippen molar-refractivity contribution in [3.8, 4) is 0 Å². The van der Waals surface area contributed by atoms with E-state index in [1.807, 2.05) is 13.8 Å². The van der Waals surface area contributed by atoms with Gasteiger partial charge in [-0.15, -0.1) is 0 Å². The highest BCUT2D eigenvalue weighted by molar-refractivity contribution is 7.87. The molecule has 1 unspecified atom stereocenters. The van der Waals surface area contributed by atoms with E-state index in [1.165, 1.54) is 4.31 Å². The highest BCUT2D eigenvalue weighted by atomic mass is 32.2. The van der Waals surface area contributed by atoms with Crippen molar-refractivity contribution in [2.24, 2.45) is 5.92 Å². The average Bonchev–Trinajstić information content (AvgIpc) is 2.95.